The molecule has 1 aromatic heterocycles. The number of para-hydroxylation sites is 1. The predicted molar refractivity (Wildman–Crippen MR) is 73.5 cm³/mol. The van der Waals surface area contributed by atoms with E-state index in [-0.39, 0.29) is 0 Å². The van der Waals surface area contributed by atoms with Gasteiger partial charge in [-0.1, -0.05) is 18.2 Å². The highest BCUT2D eigenvalue weighted by molar-refractivity contribution is 5.70. The van der Waals surface area contributed by atoms with Gasteiger partial charge in [0.15, 0.2) is 0 Å². The molecule has 19 heavy (non-hydrogen) atoms. The van der Waals surface area contributed by atoms with Crippen molar-refractivity contribution < 1.29 is 13.9 Å². The first-order valence-corrected chi connectivity index (χ1v) is 5.73. The Hall–Kier alpha value is -2.49. The number of hydrogen-bond donors (Lipinski definition) is 0. The third-order valence-electron chi connectivity index (χ3n) is 2.56. The molecule has 98 valence electrons. The molecule has 0 bridgehead atoms. The SMILES string of the molecule is COc1cc(/C=C/c2ccccc2OC)oc(=O)c1. The Bertz CT molecular complexity index is 641. The maximum absolute atomic E-state index is 11.3. The van der Waals surface area contributed by atoms with Gasteiger partial charge in [-0.3, -0.25) is 0 Å². The fraction of sp³-hybridized carbons (Fsp3) is 0.133. The topological polar surface area (TPSA) is 48.7 Å². The van der Waals surface area contributed by atoms with Crippen molar-refractivity contribution in [2.45, 2.75) is 0 Å². The number of methoxy groups -OCH3 is 2. The lowest BCUT2D eigenvalue weighted by Gasteiger charge is -2.03. The lowest BCUT2D eigenvalue weighted by molar-refractivity contribution is 0.400. The van der Waals surface area contributed by atoms with E-state index in [1.54, 1.807) is 19.3 Å². The monoisotopic (exact) mass is 258 g/mol. The molecule has 0 N–H and O–H groups in total. The smallest absolute Gasteiger partial charge is 0.339 e. The standard InChI is InChI=1S/C15H14O4/c1-17-13-9-12(19-15(16)10-13)8-7-11-5-3-4-6-14(11)18-2/h3-10H,1-2H3/b8-7+. The van der Waals surface area contributed by atoms with Crippen LogP contribution in [0.5, 0.6) is 11.5 Å². The van der Waals surface area contributed by atoms with Crippen LogP contribution in [0.3, 0.4) is 0 Å². The molecule has 0 saturated carbocycles. The van der Waals surface area contributed by atoms with Gasteiger partial charge in [0.25, 0.3) is 0 Å². The summed E-state index contributed by atoms with van der Waals surface area (Å²) in [6, 6.07) is 10.5. The van der Waals surface area contributed by atoms with Gasteiger partial charge in [0, 0.05) is 11.6 Å². The van der Waals surface area contributed by atoms with Crippen LogP contribution in [0, 0.1) is 0 Å². The van der Waals surface area contributed by atoms with Crippen molar-refractivity contribution in [1.29, 1.82) is 0 Å². The second kappa shape index (κ2) is 5.91. The van der Waals surface area contributed by atoms with Crippen molar-refractivity contribution in [2.24, 2.45) is 0 Å². The molecule has 4 nitrogen and oxygen atoms in total. The summed E-state index contributed by atoms with van der Waals surface area (Å²) in [5.74, 6) is 1.65. The first-order valence-electron chi connectivity index (χ1n) is 5.73. The average molecular weight is 258 g/mol. The molecule has 0 aliphatic rings. The first-order chi connectivity index (χ1) is 9.22. The molecule has 0 spiro atoms. The minimum atomic E-state index is -0.445. The van der Waals surface area contributed by atoms with Crippen LogP contribution in [0.4, 0.5) is 0 Å². The number of ether oxygens (including phenoxy) is 2. The van der Waals surface area contributed by atoms with Crippen LogP contribution < -0.4 is 15.1 Å². The summed E-state index contributed by atoms with van der Waals surface area (Å²) in [6.45, 7) is 0. The number of hydrogen-bond acceptors (Lipinski definition) is 4. The Kier molecular flexibility index (Phi) is 4.03. The lowest BCUT2D eigenvalue weighted by atomic mass is 10.2. The van der Waals surface area contributed by atoms with Crippen LogP contribution in [-0.4, -0.2) is 14.2 Å². The molecule has 0 unspecified atom stereocenters. The highest BCUT2D eigenvalue weighted by Gasteiger charge is 2.00. The zero-order chi connectivity index (χ0) is 13.7. The van der Waals surface area contributed by atoms with Gasteiger partial charge in [0.2, 0.25) is 0 Å². The molecule has 0 aliphatic carbocycles. The molecule has 0 saturated heterocycles. The zero-order valence-electron chi connectivity index (χ0n) is 10.8. The third-order valence-corrected chi connectivity index (χ3v) is 2.56. The Balaban J connectivity index is 2.32. The van der Waals surface area contributed by atoms with Crippen molar-refractivity contribution >= 4 is 12.2 Å². The van der Waals surface area contributed by atoms with E-state index in [0.29, 0.717) is 11.5 Å². The van der Waals surface area contributed by atoms with E-state index in [0.717, 1.165) is 11.3 Å². The third kappa shape index (κ3) is 3.25. The van der Waals surface area contributed by atoms with E-state index in [1.807, 2.05) is 30.3 Å². The van der Waals surface area contributed by atoms with E-state index in [2.05, 4.69) is 0 Å². The lowest BCUT2D eigenvalue weighted by Crippen LogP contribution is -1.98. The molecule has 4 heteroatoms. The molecule has 0 atom stereocenters. The molecule has 0 aliphatic heterocycles. The van der Waals surface area contributed by atoms with E-state index in [4.69, 9.17) is 13.9 Å². The van der Waals surface area contributed by atoms with Gasteiger partial charge in [-0.15, -0.1) is 0 Å². The average Bonchev–Trinajstić information content (AvgIpc) is 2.44. The Morgan fingerprint density at radius 1 is 1.05 bits per heavy atom. The predicted octanol–water partition coefficient (Wildman–Crippen LogP) is 2.83. The molecule has 1 aromatic carbocycles. The molecular weight excluding hydrogens is 244 g/mol. The summed E-state index contributed by atoms with van der Waals surface area (Å²) in [6.07, 6.45) is 3.51. The van der Waals surface area contributed by atoms with E-state index in [1.165, 1.54) is 13.2 Å². The van der Waals surface area contributed by atoms with E-state index in [9.17, 15) is 4.79 Å². The minimum absolute atomic E-state index is 0.426. The molecule has 1 heterocycles. The van der Waals surface area contributed by atoms with Gasteiger partial charge < -0.3 is 13.9 Å². The van der Waals surface area contributed by atoms with Crippen molar-refractivity contribution in [2.75, 3.05) is 14.2 Å². The summed E-state index contributed by atoms with van der Waals surface area (Å²) in [7, 11) is 3.11. The molecule has 0 amide bonds. The van der Waals surface area contributed by atoms with Crippen LogP contribution in [0.15, 0.2) is 45.6 Å². The van der Waals surface area contributed by atoms with Gasteiger partial charge in [0.05, 0.1) is 20.3 Å². The van der Waals surface area contributed by atoms with Gasteiger partial charge in [-0.05, 0) is 18.2 Å². The molecule has 2 aromatic rings. The van der Waals surface area contributed by atoms with Crippen LogP contribution >= 0.6 is 0 Å². The fourth-order valence-corrected chi connectivity index (χ4v) is 1.65. The van der Waals surface area contributed by atoms with Crippen LogP contribution in [-0.2, 0) is 0 Å². The highest BCUT2D eigenvalue weighted by Crippen LogP contribution is 2.20. The second-order valence-corrected chi connectivity index (χ2v) is 3.79. The van der Waals surface area contributed by atoms with Crippen LogP contribution in [0.25, 0.3) is 12.2 Å². The molecule has 0 fully saturated rings. The normalized spacial score (nSPS) is 10.6. The van der Waals surface area contributed by atoms with Crippen LogP contribution in [0.2, 0.25) is 0 Å². The summed E-state index contributed by atoms with van der Waals surface area (Å²) < 4.78 is 15.3. The van der Waals surface area contributed by atoms with Crippen molar-refractivity contribution in [3.05, 3.63) is 58.1 Å². The second-order valence-electron chi connectivity index (χ2n) is 3.79. The Labute approximate surface area is 110 Å². The molecule has 2 rings (SSSR count). The van der Waals surface area contributed by atoms with Crippen molar-refractivity contribution in [1.82, 2.24) is 0 Å². The highest BCUT2D eigenvalue weighted by atomic mass is 16.5. The fourth-order valence-electron chi connectivity index (χ4n) is 1.65. The largest absolute Gasteiger partial charge is 0.496 e. The Morgan fingerprint density at radius 3 is 2.58 bits per heavy atom. The Morgan fingerprint density at radius 2 is 1.84 bits per heavy atom. The zero-order valence-corrected chi connectivity index (χ0v) is 10.8. The summed E-state index contributed by atoms with van der Waals surface area (Å²) in [5.41, 5.74) is 0.453. The first kappa shape index (κ1) is 13.0. The molecular formula is C15H14O4. The maximum Gasteiger partial charge on any atom is 0.339 e. The van der Waals surface area contributed by atoms with E-state index >= 15 is 0 Å². The summed E-state index contributed by atoms with van der Waals surface area (Å²) in [4.78, 5) is 11.3. The van der Waals surface area contributed by atoms with Gasteiger partial charge in [0.1, 0.15) is 17.3 Å². The summed E-state index contributed by atoms with van der Waals surface area (Å²) >= 11 is 0. The van der Waals surface area contributed by atoms with Gasteiger partial charge in [-0.25, -0.2) is 4.79 Å². The van der Waals surface area contributed by atoms with Gasteiger partial charge >= 0.3 is 5.63 Å². The van der Waals surface area contributed by atoms with Crippen molar-refractivity contribution in [3.63, 3.8) is 0 Å². The van der Waals surface area contributed by atoms with Crippen molar-refractivity contribution in [3.8, 4) is 11.5 Å². The number of benzene rings is 1. The van der Waals surface area contributed by atoms with E-state index < -0.39 is 5.63 Å². The summed E-state index contributed by atoms with van der Waals surface area (Å²) in [5, 5.41) is 0. The van der Waals surface area contributed by atoms with Gasteiger partial charge in [-0.2, -0.15) is 0 Å². The molecule has 0 radical (unpaired) electrons. The minimum Gasteiger partial charge on any atom is -0.496 e. The maximum atomic E-state index is 11.3. The van der Waals surface area contributed by atoms with Crippen LogP contribution in [0.1, 0.15) is 11.3 Å². The number of rotatable bonds is 4. The quantitative estimate of drug-likeness (QED) is 0.846.